The Hall–Kier alpha value is -2.61. The van der Waals surface area contributed by atoms with E-state index in [1.807, 2.05) is 35.2 Å². The lowest BCUT2D eigenvalue weighted by Crippen LogP contribution is -2.60. The summed E-state index contributed by atoms with van der Waals surface area (Å²) in [5, 5.41) is 3.33. The number of rotatable bonds is 7. The second-order valence-corrected chi connectivity index (χ2v) is 6.95. The minimum Gasteiger partial charge on any atom is -0.492 e. The fraction of sp³-hybridized carbons (Fsp3) is 0.550. The molecule has 8 heteroatoms. The predicted molar refractivity (Wildman–Crippen MR) is 101 cm³/mol. The van der Waals surface area contributed by atoms with Crippen LogP contribution in [-0.4, -0.2) is 72.6 Å². The highest BCUT2D eigenvalue weighted by atomic mass is 16.5. The third-order valence-corrected chi connectivity index (χ3v) is 5.26. The Kier molecular flexibility index (Phi) is 6.51. The molecule has 0 bridgehead atoms. The van der Waals surface area contributed by atoms with Crippen LogP contribution in [0.4, 0.5) is 0 Å². The molecule has 8 nitrogen and oxygen atoms in total. The van der Waals surface area contributed by atoms with Crippen molar-refractivity contribution in [1.29, 1.82) is 0 Å². The largest absolute Gasteiger partial charge is 0.492 e. The van der Waals surface area contributed by atoms with Gasteiger partial charge in [-0.05, 0) is 19.1 Å². The zero-order valence-corrected chi connectivity index (χ0v) is 16.2. The number of esters is 1. The van der Waals surface area contributed by atoms with Crippen LogP contribution in [0.3, 0.4) is 0 Å². The first-order chi connectivity index (χ1) is 13.5. The molecule has 0 saturated carbocycles. The standard InChI is InChI=1S/C20H27N3O5/c1-2-27-19(26)14-17(24)22-10-8-20(9-11-22)21-15-18(25)23(20)12-13-28-16-6-4-3-5-7-16/h3-7,21H,2,8-15H2,1H3. The van der Waals surface area contributed by atoms with E-state index in [-0.39, 0.29) is 24.8 Å². The highest BCUT2D eigenvalue weighted by Crippen LogP contribution is 2.30. The van der Waals surface area contributed by atoms with Crippen molar-refractivity contribution >= 4 is 17.8 Å². The van der Waals surface area contributed by atoms with Crippen molar-refractivity contribution in [3.05, 3.63) is 30.3 Å². The zero-order valence-electron chi connectivity index (χ0n) is 16.2. The van der Waals surface area contributed by atoms with Crippen LogP contribution in [0.25, 0.3) is 0 Å². The van der Waals surface area contributed by atoms with Gasteiger partial charge in [-0.15, -0.1) is 0 Å². The zero-order chi connectivity index (χ0) is 20.0. The van der Waals surface area contributed by atoms with Crippen LogP contribution in [0.2, 0.25) is 0 Å². The molecule has 2 fully saturated rings. The average molecular weight is 389 g/mol. The maximum absolute atomic E-state index is 12.4. The Labute approximate surface area is 164 Å². The second-order valence-electron chi connectivity index (χ2n) is 6.95. The van der Waals surface area contributed by atoms with Crippen LogP contribution < -0.4 is 10.1 Å². The molecule has 152 valence electrons. The van der Waals surface area contributed by atoms with Gasteiger partial charge in [0.15, 0.2) is 0 Å². The van der Waals surface area contributed by atoms with Gasteiger partial charge in [-0.3, -0.25) is 19.7 Å². The van der Waals surface area contributed by atoms with Crippen molar-refractivity contribution in [2.24, 2.45) is 0 Å². The first-order valence-corrected chi connectivity index (χ1v) is 9.71. The average Bonchev–Trinajstić information content (AvgIpc) is 2.99. The first-order valence-electron chi connectivity index (χ1n) is 9.71. The van der Waals surface area contributed by atoms with Gasteiger partial charge in [0.25, 0.3) is 0 Å². The summed E-state index contributed by atoms with van der Waals surface area (Å²) in [5.41, 5.74) is -0.447. The number of likely N-dealkylation sites (tertiary alicyclic amines) is 1. The van der Waals surface area contributed by atoms with E-state index in [4.69, 9.17) is 9.47 Å². The molecule has 2 amide bonds. The Balaban J connectivity index is 1.52. The Bertz CT molecular complexity index is 701. The van der Waals surface area contributed by atoms with E-state index in [9.17, 15) is 14.4 Å². The number of benzene rings is 1. The van der Waals surface area contributed by atoms with E-state index < -0.39 is 11.6 Å². The van der Waals surface area contributed by atoms with Crippen LogP contribution >= 0.6 is 0 Å². The second kappa shape index (κ2) is 9.05. The summed E-state index contributed by atoms with van der Waals surface area (Å²) in [4.78, 5) is 39.7. The van der Waals surface area contributed by atoms with Crippen LogP contribution in [0.5, 0.6) is 5.75 Å². The van der Waals surface area contributed by atoms with Gasteiger partial charge in [-0.25, -0.2) is 0 Å². The predicted octanol–water partition coefficient (Wildman–Crippen LogP) is 0.769. The number of hydrogen-bond acceptors (Lipinski definition) is 6. The van der Waals surface area contributed by atoms with Gasteiger partial charge in [0.2, 0.25) is 11.8 Å². The van der Waals surface area contributed by atoms with Gasteiger partial charge < -0.3 is 19.3 Å². The molecule has 2 aliphatic heterocycles. The van der Waals surface area contributed by atoms with Gasteiger partial charge in [0, 0.05) is 25.9 Å². The summed E-state index contributed by atoms with van der Waals surface area (Å²) in [6, 6.07) is 9.50. The minimum atomic E-state index is -0.498. The topological polar surface area (TPSA) is 88.2 Å². The molecule has 3 rings (SSSR count). The number of nitrogens with zero attached hydrogens (tertiary/aromatic N) is 2. The number of carbonyl (C=O) groups excluding carboxylic acids is 3. The van der Waals surface area contributed by atoms with E-state index in [1.54, 1.807) is 11.8 Å². The molecule has 0 aromatic heterocycles. The highest BCUT2D eigenvalue weighted by Gasteiger charge is 2.47. The summed E-state index contributed by atoms with van der Waals surface area (Å²) in [5.74, 6) is 0.0942. The monoisotopic (exact) mass is 389 g/mol. The van der Waals surface area contributed by atoms with Gasteiger partial charge in [-0.1, -0.05) is 18.2 Å². The molecule has 0 radical (unpaired) electrons. The van der Waals surface area contributed by atoms with Crippen LogP contribution in [0.15, 0.2) is 30.3 Å². The van der Waals surface area contributed by atoms with E-state index >= 15 is 0 Å². The van der Waals surface area contributed by atoms with Crippen molar-refractivity contribution < 1.29 is 23.9 Å². The minimum absolute atomic E-state index is 0.0444. The summed E-state index contributed by atoms with van der Waals surface area (Å²) in [7, 11) is 0. The summed E-state index contributed by atoms with van der Waals surface area (Å²) < 4.78 is 10.6. The van der Waals surface area contributed by atoms with Gasteiger partial charge in [-0.2, -0.15) is 0 Å². The number of ether oxygens (including phenoxy) is 2. The maximum Gasteiger partial charge on any atom is 0.315 e. The van der Waals surface area contributed by atoms with E-state index in [1.165, 1.54) is 0 Å². The van der Waals surface area contributed by atoms with Crippen molar-refractivity contribution in [2.45, 2.75) is 31.8 Å². The Morgan fingerprint density at radius 3 is 2.57 bits per heavy atom. The number of piperidine rings is 1. The maximum atomic E-state index is 12.4. The molecule has 1 aromatic carbocycles. The van der Waals surface area contributed by atoms with Gasteiger partial charge >= 0.3 is 5.97 Å². The molecule has 28 heavy (non-hydrogen) atoms. The quantitative estimate of drug-likeness (QED) is 0.547. The smallest absolute Gasteiger partial charge is 0.315 e. The van der Waals surface area contributed by atoms with Crippen LogP contribution in [0.1, 0.15) is 26.2 Å². The lowest BCUT2D eigenvalue weighted by molar-refractivity contribution is -0.149. The molecular formula is C20H27N3O5. The summed E-state index contributed by atoms with van der Waals surface area (Å²) >= 11 is 0. The summed E-state index contributed by atoms with van der Waals surface area (Å²) in [6.07, 6.45) is 1.01. The molecule has 0 unspecified atom stereocenters. The lowest BCUT2D eigenvalue weighted by Gasteiger charge is -2.44. The van der Waals surface area contributed by atoms with Crippen molar-refractivity contribution in [1.82, 2.24) is 15.1 Å². The fourth-order valence-corrected chi connectivity index (χ4v) is 3.80. The molecule has 1 spiro atoms. The molecule has 2 aliphatic rings. The number of carbonyl (C=O) groups is 3. The molecular weight excluding hydrogens is 362 g/mol. The highest BCUT2D eigenvalue weighted by molar-refractivity contribution is 5.94. The number of hydrogen-bond donors (Lipinski definition) is 1. The molecule has 1 aromatic rings. The normalized spacial score (nSPS) is 18.4. The number of nitrogens with one attached hydrogen (secondary N) is 1. The van der Waals surface area contributed by atoms with Gasteiger partial charge in [0.1, 0.15) is 18.8 Å². The Morgan fingerprint density at radius 2 is 1.89 bits per heavy atom. The van der Waals surface area contributed by atoms with Crippen molar-refractivity contribution in [2.75, 3.05) is 39.4 Å². The molecule has 0 atom stereocenters. The Morgan fingerprint density at radius 1 is 1.18 bits per heavy atom. The summed E-state index contributed by atoms with van der Waals surface area (Å²) in [6.45, 7) is 4.15. The fourth-order valence-electron chi connectivity index (χ4n) is 3.80. The van der Waals surface area contributed by atoms with Crippen molar-refractivity contribution in [3.63, 3.8) is 0 Å². The third kappa shape index (κ3) is 4.62. The van der Waals surface area contributed by atoms with E-state index in [2.05, 4.69) is 5.32 Å². The van der Waals surface area contributed by atoms with E-state index in [0.29, 0.717) is 45.6 Å². The molecule has 0 aliphatic carbocycles. The number of amides is 2. The third-order valence-electron chi connectivity index (χ3n) is 5.26. The molecule has 2 heterocycles. The van der Waals surface area contributed by atoms with Gasteiger partial charge in [0.05, 0.1) is 25.4 Å². The van der Waals surface area contributed by atoms with Crippen molar-refractivity contribution in [3.8, 4) is 5.75 Å². The van der Waals surface area contributed by atoms with E-state index in [0.717, 1.165) is 5.75 Å². The molecule has 2 saturated heterocycles. The van der Waals surface area contributed by atoms with Crippen LogP contribution in [-0.2, 0) is 19.1 Å². The number of para-hydroxylation sites is 1. The van der Waals surface area contributed by atoms with Crippen LogP contribution in [0, 0.1) is 0 Å². The lowest BCUT2D eigenvalue weighted by atomic mass is 9.95. The first kappa shape index (κ1) is 20.1. The SMILES string of the molecule is CCOC(=O)CC(=O)N1CCC2(CC1)NCC(=O)N2CCOc1ccccc1. The molecule has 1 N–H and O–H groups in total.